The Bertz CT molecular complexity index is 670. The summed E-state index contributed by atoms with van der Waals surface area (Å²) in [5.74, 6) is 0.0831. The van der Waals surface area contributed by atoms with Crippen LogP contribution in [0.3, 0.4) is 0 Å². The van der Waals surface area contributed by atoms with E-state index in [0.717, 1.165) is 30.6 Å². The molecule has 0 bridgehead atoms. The number of carbonyl (C=O) groups excluding carboxylic acids is 1. The van der Waals surface area contributed by atoms with Crippen molar-refractivity contribution in [2.75, 3.05) is 12.3 Å². The second kappa shape index (κ2) is 9.16. The van der Waals surface area contributed by atoms with Gasteiger partial charge < -0.3 is 11.1 Å². The van der Waals surface area contributed by atoms with Gasteiger partial charge in [-0.05, 0) is 42.7 Å². The van der Waals surface area contributed by atoms with Gasteiger partial charge in [-0.25, -0.2) is 0 Å². The van der Waals surface area contributed by atoms with E-state index in [4.69, 9.17) is 5.73 Å². The van der Waals surface area contributed by atoms with Gasteiger partial charge in [0.15, 0.2) is 0 Å². The molecule has 1 saturated carbocycles. The molecule has 0 radical (unpaired) electrons. The van der Waals surface area contributed by atoms with Crippen LogP contribution < -0.4 is 11.1 Å². The van der Waals surface area contributed by atoms with Gasteiger partial charge in [0, 0.05) is 21.9 Å². The minimum Gasteiger partial charge on any atom is -0.399 e. The lowest BCUT2D eigenvalue weighted by atomic mass is 10.1. The molecular formula is C20H25ClN2OS. The van der Waals surface area contributed by atoms with Crippen LogP contribution in [0.5, 0.6) is 0 Å². The normalized spacial score (nSPS) is 15.4. The number of benzene rings is 2. The number of thioether (sulfide) groups is 1. The monoisotopic (exact) mass is 376 g/mol. The van der Waals surface area contributed by atoms with Crippen molar-refractivity contribution < 1.29 is 4.79 Å². The minimum absolute atomic E-state index is 0. The Morgan fingerprint density at radius 3 is 2.32 bits per heavy atom. The molecule has 3 N–H and O–H groups in total. The zero-order valence-corrected chi connectivity index (χ0v) is 15.9. The molecule has 5 heteroatoms. The zero-order chi connectivity index (χ0) is 16.8. The maximum Gasteiger partial charge on any atom is 0.224 e. The van der Waals surface area contributed by atoms with Gasteiger partial charge in [-0.2, -0.15) is 0 Å². The molecule has 25 heavy (non-hydrogen) atoms. The lowest BCUT2D eigenvalue weighted by molar-refractivity contribution is -0.120. The molecule has 0 aromatic heterocycles. The number of rotatable bonds is 6. The van der Waals surface area contributed by atoms with Crippen LogP contribution in [0.4, 0.5) is 5.69 Å². The van der Waals surface area contributed by atoms with Crippen LogP contribution in [-0.4, -0.2) is 17.2 Å². The van der Waals surface area contributed by atoms with Crippen LogP contribution in [0, 0.1) is 0 Å². The third-order valence-corrected chi connectivity index (χ3v) is 6.04. The van der Waals surface area contributed by atoms with E-state index >= 15 is 0 Å². The molecule has 1 aliphatic rings. The van der Waals surface area contributed by atoms with Gasteiger partial charge in [0.05, 0.1) is 6.42 Å². The summed E-state index contributed by atoms with van der Waals surface area (Å²) in [6, 6.07) is 18.0. The van der Waals surface area contributed by atoms with Crippen LogP contribution >= 0.6 is 24.2 Å². The first-order valence-corrected chi connectivity index (χ1v) is 9.32. The molecular weight excluding hydrogens is 352 g/mol. The Hall–Kier alpha value is -1.65. The van der Waals surface area contributed by atoms with Crippen LogP contribution in [0.1, 0.15) is 31.2 Å². The number of nitrogens with one attached hydrogen (secondary N) is 1. The molecule has 1 amide bonds. The fourth-order valence-electron chi connectivity index (χ4n) is 3.22. The third kappa shape index (κ3) is 5.68. The summed E-state index contributed by atoms with van der Waals surface area (Å²) in [5.41, 5.74) is 7.41. The fraction of sp³-hybridized carbons (Fsp3) is 0.350. The molecule has 134 valence electrons. The summed E-state index contributed by atoms with van der Waals surface area (Å²) in [4.78, 5) is 13.6. The quantitative estimate of drug-likeness (QED) is 0.732. The number of hydrogen-bond acceptors (Lipinski definition) is 3. The van der Waals surface area contributed by atoms with Crippen molar-refractivity contribution in [3.63, 3.8) is 0 Å². The molecule has 0 spiro atoms. The molecule has 0 unspecified atom stereocenters. The summed E-state index contributed by atoms with van der Waals surface area (Å²) < 4.78 is 0.137. The highest BCUT2D eigenvalue weighted by molar-refractivity contribution is 8.00. The summed E-state index contributed by atoms with van der Waals surface area (Å²) in [7, 11) is 0. The lowest BCUT2D eigenvalue weighted by Gasteiger charge is -2.28. The number of nitrogen functional groups attached to an aromatic ring is 1. The topological polar surface area (TPSA) is 55.1 Å². The van der Waals surface area contributed by atoms with E-state index in [-0.39, 0.29) is 23.1 Å². The van der Waals surface area contributed by atoms with Crippen molar-refractivity contribution in [1.82, 2.24) is 5.32 Å². The van der Waals surface area contributed by atoms with Crippen LogP contribution in [0.2, 0.25) is 0 Å². The minimum atomic E-state index is 0. The lowest BCUT2D eigenvalue weighted by Crippen LogP contribution is -2.39. The van der Waals surface area contributed by atoms with Crippen molar-refractivity contribution in [3.05, 3.63) is 60.2 Å². The average molecular weight is 377 g/mol. The van der Waals surface area contributed by atoms with Crippen molar-refractivity contribution in [3.8, 4) is 0 Å². The smallest absolute Gasteiger partial charge is 0.224 e. The first-order valence-electron chi connectivity index (χ1n) is 8.50. The van der Waals surface area contributed by atoms with Crippen LogP contribution in [0.25, 0.3) is 0 Å². The molecule has 0 heterocycles. The molecule has 1 aliphatic carbocycles. The number of anilines is 1. The fourth-order valence-corrected chi connectivity index (χ4v) is 4.65. The van der Waals surface area contributed by atoms with Gasteiger partial charge in [0.2, 0.25) is 5.91 Å². The van der Waals surface area contributed by atoms with Gasteiger partial charge in [-0.3, -0.25) is 4.79 Å². The number of hydrogen-bond donors (Lipinski definition) is 2. The zero-order valence-electron chi connectivity index (χ0n) is 14.2. The molecule has 0 aliphatic heterocycles. The molecule has 0 atom stereocenters. The Balaban J connectivity index is 0.00000225. The van der Waals surface area contributed by atoms with Crippen LogP contribution in [-0.2, 0) is 11.2 Å². The predicted molar refractivity (Wildman–Crippen MR) is 108 cm³/mol. The van der Waals surface area contributed by atoms with Crippen molar-refractivity contribution in [1.29, 1.82) is 0 Å². The standard InChI is InChI=1S/C20H24N2OS.ClH/c21-17-10-8-16(9-11-17)14-19(23)22-15-20(12-4-5-13-20)24-18-6-2-1-3-7-18;/h1-3,6-11H,4-5,12-15,21H2,(H,22,23);1H. The summed E-state index contributed by atoms with van der Waals surface area (Å²) in [6.45, 7) is 0.736. The first kappa shape index (κ1) is 19.7. The van der Waals surface area contributed by atoms with Gasteiger partial charge in [-0.1, -0.05) is 43.2 Å². The third-order valence-electron chi connectivity index (χ3n) is 4.54. The van der Waals surface area contributed by atoms with Gasteiger partial charge in [0.1, 0.15) is 0 Å². The molecule has 3 rings (SSSR count). The largest absolute Gasteiger partial charge is 0.399 e. The second-order valence-corrected chi connectivity index (χ2v) is 8.04. The predicted octanol–water partition coefficient (Wildman–Crippen LogP) is 4.45. The number of carbonyl (C=O) groups is 1. The van der Waals surface area contributed by atoms with E-state index < -0.39 is 0 Å². The van der Waals surface area contributed by atoms with Crippen molar-refractivity contribution >= 4 is 35.8 Å². The Kier molecular flexibility index (Phi) is 7.21. The van der Waals surface area contributed by atoms with Gasteiger partial charge >= 0.3 is 0 Å². The molecule has 2 aromatic rings. The maximum atomic E-state index is 12.3. The summed E-state index contributed by atoms with van der Waals surface area (Å²) in [6.07, 6.45) is 5.22. The SMILES string of the molecule is Cl.Nc1ccc(CC(=O)NCC2(Sc3ccccc3)CCCC2)cc1. The molecule has 1 fully saturated rings. The Labute approximate surface area is 160 Å². The van der Waals surface area contributed by atoms with Crippen LogP contribution in [0.15, 0.2) is 59.5 Å². The first-order chi connectivity index (χ1) is 11.7. The van der Waals surface area contributed by atoms with E-state index in [0.29, 0.717) is 6.42 Å². The Morgan fingerprint density at radius 2 is 1.68 bits per heavy atom. The highest BCUT2D eigenvalue weighted by atomic mass is 35.5. The number of amides is 1. The number of halogens is 1. The van der Waals surface area contributed by atoms with Gasteiger partial charge in [-0.15, -0.1) is 24.2 Å². The highest BCUT2D eigenvalue weighted by Crippen LogP contribution is 2.44. The van der Waals surface area contributed by atoms with E-state index in [9.17, 15) is 4.79 Å². The van der Waals surface area contributed by atoms with E-state index in [1.807, 2.05) is 42.1 Å². The highest BCUT2D eigenvalue weighted by Gasteiger charge is 2.35. The number of nitrogens with two attached hydrogens (primary N) is 1. The summed E-state index contributed by atoms with van der Waals surface area (Å²) in [5, 5.41) is 3.16. The molecule has 2 aromatic carbocycles. The maximum absolute atomic E-state index is 12.3. The Morgan fingerprint density at radius 1 is 1.04 bits per heavy atom. The average Bonchev–Trinajstić information content (AvgIpc) is 3.05. The molecule has 3 nitrogen and oxygen atoms in total. The van der Waals surface area contributed by atoms with Crippen molar-refractivity contribution in [2.45, 2.75) is 41.7 Å². The summed E-state index contributed by atoms with van der Waals surface area (Å²) >= 11 is 1.92. The van der Waals surface area contributed by atoms with E-state index in [2.05, 4.69) is 29.6 Å². The van der Waals surface area contributed by atoms with Gasteiger partial charge in [0.25, 0.3) is 0 Å². The second-order valence-electron chi connectivity index (χ2n) is 6.50. The van der Waals surface area contributed by atoms with Crippen molar-refractivity contribution in [2.24, 2.45) is 0 Å². The van der Waals surface area contributed by atoms with E-state index in [1.165, 1.54) is 17.7 Å². The van der Waals surface area contributed by atoms with E-state index in [1.54, 1.807) is 0 Å². The molecule has 0 saturated heterocycles.